The Bertz CT molecular complexity index is 1260. The summed E-state index contributed by atoms with van der Waals surface area (Å²) in [6.45, 7) is 2.21. The van der Waals surface area contributed by atoms with Gasteiger partial charge in [-0.3, -0.25) is 9.69 Å². The summed E-state index contributed by atoms with van der Waals surface area (Å²) in [6.07, 6.45) is 4.91. The Labute approximate surface area is 201 Å². The number of phenols is 1. The van der Waals surface area contributed by atoms with Crippen molar-refractivity contribution in [1.82, 2.24) is 4.90 Å². The SMILES string of the molecule is COc1cc(/C=C2\S/C(=N\N=C\c3ccccc3C)N(Cc3ccco3)C2=O)cc(OC)c1O. The van der Waals surface area contributed by atoms with Gasteiger partial charge in [-0.25, -0.2) is 0 Å². The van der Waals surface area contributed by atoms with Crippen LogP contribution in [0.15, 0.2) is 74.3 Å². The van der Waals surface area contributed by atoms with E-state index in [1.165, 1.54) is 30.9 Å². The Balaban J connectivity index is 1.67. The summed E-state index contributed by atoms with van der Waals surface area (Å²) in [5, 5.41) is 19.1. The van der Waals surface area contributed by atoms with Gasteiger partial charge in [-0.15, -0.1) is 5.10 Å². The molecule has 1 fully saturated rings. The maximum Gasteiger partial charge on any atom is 0.267 e. The Hall–Kier alpha value is -3.98. The fourth-order valence-electron chi connectivity index (χ4n) is 3.30. The first-order valence-corrected chi connectivity index (χ1v) is 11.2. The minimum Gasteiger partial charge on any atom is -0.502 e. The van der Waals surface area contributed by atoms with Crippen LogP contribution in [0.1, 0.15) is 22.5 Å². The Morgan fingerprint density at radius 2 is 1.85 bits per heavy atom. The van der Waals surface area contributed by atoms with Gasteiger partial charge >= 0.3 is 0 Å². The Morgan fingerprint density at radius 3 is 2.50 bits per heavy atom. The Kier molecular flexibility index (Phi) is 7.03. The van der Waals surface area contributed by atoms with Crippen molar-refractivity contribution >= 4 is 35.1 Å². The summed E-state index contributed by atoms with van der Waals surface area (Å²) in [4.78, 5) is 15.2. The van der Waals surface area contributed by atoms with Gasteiger partial charge in [0.15, 0.2) is 16.7 Å². The number of nitrogens with zero attached hydrogens (tertiary/aromatic N) is 3. The molecule has 9 heteroatoms. The number of methoxy groups -OCH3 is 2. The van der Waals surface area contributed by atoms with Gasteiger partial charge in [0, 0.05) is 0 Å². The second kappa shape index (κ2) is 10.3. The lowest BCUT2D eigenvalue weighted by Gasteiger charge is -2.12. The largest absolute Gasteiger partial charge is 0.502 e. The average Bonchev–Trinajstić information content (AvgIpc) is 3.45. The van der Waals surface area contributed by atoms with Crippen LogP contribution in [0.3, 0.4) is 0 Å². The van der Waals surface area contributed by atoms with Gasteiger partial charge in [0.05, 0.1) is 38.1 Å². The third-order valence-corrected chi connectivity index (χ3v) is 6.11. The Morgan fingerprint density at radius 1 is 1.12 bits per heavy atom. The van der Waals surface area contributed by atoms with E-state index in [9.17, 15) is 9.90 Å². The lowest BCUT2D eigenvalue weighted by molar-refractivity contribution is -0.122. The molecule has 0 bridgehead atoms. The summed E-state index contributed by atoms with van der Waals surface area (Å²) in [5.74, 6) is 0.761. The van der Waals surface area contributed by atoms with E-state index in [1.54, 1.807) is 42.8 Å². The van der Waals surface area contributed by atoms with Crippen LogP contribution in [-0.4, -0.2) is 41.5 Å². The number of phenolic OH excluding ortho intramolecular Hbond substituents is 1. The van der Waals surface area contributed by atoms with E-state index < -0.39 is 0 Å². The minimum atomic E-state index is -0.239. The van der Waals surface area contributed by atoms with Crippen molar-refractivity contribution in [2.45, 2.75) is 13.5 Å². The molecule has 1 amide bonds. The van der Waals surface area contributed by atoms with E-state index >= 15 is 0 Å². The third kappa shape index (κ3) is 4.99. The molecule has 0 saturated carbocycles. The molecule has 1 aliphatic rings. The van der Waals surface area contributed by atoms with Crippen molar-refractivity contribution < 1.29 is 23.8 Å². The molecule has 4 rings (SSSR count). The number of benzene rings is 2. The lowest BCUT2D eigenvalue weighted by atomic mass is 10.1. The maximum atomic E-state index is 13.3. The number of amidine groups is 1. The van der Waals surface area contributed by atoms with E-state index in [2.05, 4.69) is 10.2 Å². The highest BCUT2D eigenvalue weighted by molar-refractivity contribution is 8.18. The van der Waals surface area contributed by atoms with Crippen molar-refractivity contribution in [3.63, 3.8) is 0 Å². The minimum absolute atomic E-state index is 0.107. The van der Waals surface area contributed by atoms with Crippen LogP contribution in [0.5, 0.6) is 17.2 Å². The molecular formula is C25H23N3O5S. The van der Waals surface area contributed by atoms with Gasteiger partial charge in [-0.05, 0) is 65.7 Å². The normalized spacial score (nSPS) is 16.2. The predicted octanol–water partition coefficient (Wildman–Crippen LogP) is 4.82. The number of furan rings is 1. The third-order valence-electron chi connectivity index (χ3n) is 5.11. The van der Waals surface area contributed by atoms with E-state index in [1.807, 2.05) is 31.2 Å². The van der Waals surface area contributed by atoms with Gasteiger partial charge in [0.2, 0.25) is 5.75 Å². The maximum absolute atomic E-state index is 13.3. The van der Waals surface area contributed by atoms with E-state index in [0.29, 0.717) is 21.4 Å². The molecule has 1 aromatic heterocycles. The van der Waals surface area contributed by atoms with E-state index in [0.717, 1.165) is 11.1 Å². The number of aromatic hydroxyl groups is 1. The summed E-state index contributed by atoms with van der Waals surface area (Å²) in [6, 6.07) is 14.6. The fourth-order valence-corrected chi connectivity index (χ4v) is 4.24. The second-order valence-corrected chi connectivity index (χ2v) is 8.35. The average molecular weight is 478 g/mol. The molecule has 0 spiro atoms. The zero-order chi connectivity index (χ0) is 24.1. The molecule has 1 N–H and O–H groups in total. The van der Waals surface area contributed by atoms with Gasteiger partial charge in [0.1, 0.15) is 5.76 Å². The molecule has 0 aliphatic carbocycles. The number of thioether (sulfide) groups is 1. The zero-order valence-electron chi connectivity index (χ0n) is 18.9. The molecular weight excluding hydrogens is 454 g/mol. The molecule has 1 saturated heterocycles. The molecule has 2 aromatic carbocycles. The number of hydrogen-bond acceptors (Lipinski definition) is 8. The number of carbonyl (C=O) groups is 1. The summed E-state index contributed by atoms with van der Waals surface area (Å²) < 4.78 is 15.9. The van der Waals surface area contributed by atoms with E-state index in [-0.39, 0.29) is 29.7 Å². The molecule has 3 aromatic rings. The first kappa shape index (κ1) is 23.2. The van der Waals surface area contributed by atoms with Crippen LogP contribution in [0, 0.1) is 6.92 Å². The highest BCUT2D eigenvalue weighted by Crippen LogP contribution is 2.39. The lowest BCUT2D eigenvalue weighted by Crippen LogP contribution is -2.28. The smallest absolute Gasteiger partial charge is 0.267 e. The molecule has 174 valence electrons. The predicted molar refractivity (Wildman–Crippen MR) is 132 cm³/mol. The molecule has 1 aliphatic heterocycles. The van der Waals surface area contributed by atoms with Gasteiger partial charge in [-0.1, -0.05) is 24.3 Å². The second-order valence-electron chi connectivity index (χ2n) is 7.34. The standard InChI is InChI=1S/C25H23N3O5S/c1-16-7-4-5-8-18(16)14-26-27-25-28(15-19-9-6-10-33-19)24(30)22(34-25)13-17-11-20(31-2)23(29)21(12-17)32-3/h4-14,29H,15H2,1-3H3/b22-13-,26-14+,27-25-. The van der Waals surface area contributed by atoms with E-state index in [4.69, 9.17) is 13.9 Å². The highest BCUT2D eigenvalue weighted by Gasteiger charge is 2.34. The molecule has 34 heavy (non-hydrogen) atoms. The quantitative estimate of drug-likeness (QED) is 0.298. The molecule has 0 atom stereocenters. The molecule has 2 heterocycles. The molecule has 0 radical (unpaired) electrons. The van der Waals surface area contributed by atoms with Gasteiger partial charge < -0.3 is 19.0 Å². The number of aryl methyl sites for hydroxylation is 1. The first-order chi connectivity index (χ1) is 16.5. The monoisotopic (exact) mass is 477 g/mol. The van der Waals surface area contributed by atoms with Crippen molar-refractivity contribution in [3.8, 4) is 17.2 Å². The van der Waals surface area contributed by atoms with Crippen LogP contribution in [0.4, 0.5) is 0 Å². The first-order valence-electron chi connectivity index (χ1n) is 10.4. The number of hydrogen-bond donors (Lipinski definition) is 1. The number of ether oxygens (including phenoxy) is 2. The van der Waals surface area contributed by atoms with Crippen molar-refractivity contribution in [1.29, 1.82) is 0 Å². The summed E-state index contributed by atoms with van der Waals surface area (Å²) in [7, 11) is 2.90. The topological polar surface area (TPSA) is 96.9 Å². The van der Waals surface area contributed by atoms with Crippen molar-refractivity contribution in [2.75, 3.05) is 14.2 Å². The number of rotatable bonds is 7. The number of carbonyl (C=O) groups excluding carboxylic acids is 1. The summed E-state index contributed by atoms with van der Waals surface area (Å²) >= 11 is 1.20. The summed E-state index contributed by atoms with van der Waals surface area (Å²) in [5.41, 5.74) is 2.65. The van der Waals surface area contributed by atoms with Crippen molar-refractivity contribution in [2.24, 2.45) is 10.2 Å². The number of amides is 1. The van der Waals surface area contributed by atoms with Crippen LogP contribution >= 0.6 is 11.8 Å². The zero-order valence-corrected chi connectivity index (χ0v) is 19.7. The molecule has 0 unspecified atom stereocenters. The highest BCUT2D eigenvalue weighted by atomic mass is 32.2. The van der Waals surface area contributed by atoms with Gasteiger partial charge in [0.25, 0.3) is 5.91 Å². The van der Waals surface area contributed by atoms with Gasteiger partial charge in [-0.2, -0.15) is 5.10 Å². The van der Waals surface area contributed by atoms with Crippen LogP contribution in [0.25, 0.3) is 6.08 Å². The van der Waals surface area contributed by atoms with Crippen molar-refractivity contribution in [3.05, 3.63) is 82.1 Å². The molecule has 8 nitrogen and oxygen atoms in total. The van der Waals surface area contributed by atoms with Crippen LogP contribution < -0.4 is 9.47 Å². The van der Waals surface area contributed by atoms with Crippen LogP contribution in [-0.2, 0) is 11.3 Å². The fraction of sp³-hybridized carbons (Fsp3) is 0.160. The van der Waals surface area contributed by atoms with Crippen LogP contribution in [0.2, 0.25) is 0 Å².